The number of hydrazone groups is 1. The summed E-state index contributed by atoms with van der Waals surface area (Å²) in [5.74, 6) is -1.24. The zero-order valence-electron chi connectivity index (χ0n) is 20.6. The molecule has 0 spiro atoms. The van der Waals surface area contributed by atoms with Crippen LogP contribution in [-0.2, 0) is 20.8 Å². The summed E-state index contributed by atoms with van der Waals surface area (Å²) >= 11 is 2.05. The van der Waals surface area contributed by atoms with Crippen molar-refractivity contribution in [3.8, 4) is 11.5 Å². The number of carbonyl (C=O) groups is 3. The SMILES string of the molecule is CCc1ccccc1NC(=O)C(=O)N/N=C\c1cc(I)c(OCC(=O)Nc2cccc(C)c2)c(OC)c1. The van der Waals surface area contributed by atoms with Gasteiger partial charge in [0, 0.05) is 11.4 Å². The van der Waals surface area contributed by atoms with Gasteiger partial charge in [-0.3, -0.25) is 14.4 Å². The van der Waals surface area contributed by atoms with Crippen molar-refractivity contribution in [2.24, 2.45) is 5.10 Å². The summed E-state index contributed by atoms with van der Waals surface area (Å²) in [6.07, 6.45) is 2.10. The zero-order chi connectivity index (χ0) is 26.8. The first kappa shape index (κ1) is 27.7. The highest BCUT2D eigenvalue weighted by Crippen LogP contribution is 2.33. The van der Waals surface area contributed by atoms with Crippen LogP contribution in [-0.4, -0.2) is 37.7 Å². The molecule has 37 heavy (non-hydrogen) atoms. The van der Waals surface area contributed by atoms with Crippen LogP contribution in [0.25, 0.3) is 0 Å². The van der Waals surface area contributed by atoms with Gasteiger partial charge in [-0.1, -0.05) is 37.3 Å². The number of aryl methyl sites for hydroxylation is 2. The fourth-order valence-electron chi connectivity index (χ4n) is 3.36. The summed E-state index contributed by atoms with van der Waals surface area (Å²) in [5, 5.41) is 9.25. The van der Waals surface area contributed by atoms with Crippen LogP contribution in [0.1, 0.15) is 23.6 Å². The van der Waals surface area contributed by atoms with Crippen LogP contribution >= 0.6 is 22.6 Å². The number of amides is 3. The first-order valence-corrected chi connectivity index (χ1v) is 12.5. The van der Waals surface area contributed by atoms with Crippen LogP contribution in [0.2, 0.25) is 0 Å². The molecule has 0 heterocycles. The maximum absolute atomic E-state index is 12.3. The van der Waals surface area contributed by atoms with Crippen LogP contribution in [0.5, 0.6) is 11.5 Å². The molecule has 3 amide bonds. The van der Waals surface area contributed by atoms with Crippen molar-refractivity contribution in [3.05, 3.63) is 80.9 Å². The lowest BCUT2D eigenvalue weighted by atomic mass is 10.1. The highest BCUT2D eigenvalue weighted by atomic mass is 127. The third-order valence-corrected chi connectivity index (χ3v) is 5.93. The molecule has 3 aromatic rings. The molecule has 0 atom stereocenters. The monoisotopic (exact) mass is 614 g/mol. The summed E-state index contributed by atoms with van der Waals surface area (Å²) in [7, 11) is 1.48. The van der Waals surface area contributed by atoms with Crippen molar-refractivity contribution in [2.45, 2.75) is 20.3 Å². The average molecular weight is 614 g/mol. The van der Waals surface area contributed by atoms with Crippen LogP contribution in [0.3, 0.4) is 0 Å². The number of benzene rings is 3. The van der Waals surface area contributed by atoms with Gasteiger partial charge in [-0.15, -0.1) is 0 Å². The van der Waals surface area contributed by atoms with E-state index < -0.39 is 11.8 Å². The van der Waals surface area contributed by atoms with E-state index in [0.29, 0.717) is 38.4 Å². The number of hydrogen-bond donors (Lipinski definition) is 3. The van der Waals surface area contributed by atoms with Gasteiger partial charge in [0.05, 0.1) is 16.9 Å². The molecule has 3 rings (SSSR count). The fourth-order valence-corrected chi connectivity index (χ4v) is 4.14. The van der Waals surface area contributed by atoms with Crippen LogP contribution in [0, 0.1) is 10.5 Å². The number of carbonyl (C=O) groups excluding carboxylic acids is 3. The largest absolute Gasteiger partial charge is 0.493 e. The van der Waals surface area contributed by atoms with E-state index in [4.69, 9.17) is 9.47 Å². The van der Waals surface area contributed by atoms with E-state index in [0.717, 1.165) is 11.1 Å². The Labute approximate surface area is 228 Å². The number of para-hydroxylation sites is 1. The molecule has 192 valence electrons. The molecule has 0 radical (unpaired) electrons. The second-order valence-electron chi connectivity index (χ2n) is 7.90. The van der Waals surface area contributed by atoms with Crippen molar-refractivity contribution in [1.82, 2.24) is 5.43 Å². The maximum atomic E-state index is 12.3. The second-order valence-corrected chi connectivity index (χ2v) is 9.07. The van der Waals surface area contributed by atoms with Crippen molar-refractivity contribution >= 4 is 57.9 Å². The predicted molar refractivity (Wildman–Crippen MR) is 151 cm³/mol. The Morgan fingerprint density at radius 2 is 1.78 bits per heavy atom. The van der Waals surface area contributed by atoms with E-state index in [1.807, 2.05) is 44.2 Å². The first-order chi connectivity index (χ1) is 17.8. The predicted octanol–water partition coefficient (Wildman–Crippen LogP) is 4.28. The number of ether oxygens (including phenoxy) is 2. The standard InChI is InChI=1S/C27H27IN4O5/c1-4-19-9-5-6-11-22(19)31-26(34)27(35)32-29-15-18-13-21(28)25(23(14-18)36-3)37-16-24(33)30-20-10-7-8-17(2)12-20/h5-15H,4,16H2,1-3H3,(H,30,33)(H,31,34)(H,32,35)/b29-15-. The normalized spacial score (nSPS) is 10.6. The summed E-state index contributed by atoms with van der Waals surface area (Å²) in [5.41, 5.74) is 6.03. The molecule has 3 aromatic carbocycles. The molecule has 0 fully saturated rings. The first-order valence-electron chi connectivity index (χ1n) is 11.4. The minimum absolute atomic E-state index is 0.208. The Hall–Kier alpha value is -3.93. The van der Waals surface area contributed by atoms with Gasteiger partial charge in [0.25, 0.3) is 5.91 Å². The van der Waals surface area contributed by atoms with Gasteiger partial charge in [0.2, 0.25) is 0 Å². The smallest absolute Gasteiger partial charge is 0.329 e. The van der Waals surface area contributed by atoms with Gasteiger partial charge >= 0.3 is 11.8 Å². The van der Waals surface area contributed by atoms with Crippen molar-refractivity contribution in [2.75, 3.05) is 24.4 Å². The van der Waals surface area contributed by atoms with Gasteiger partial charge in [0.1, 0.15) is 0 Å². The van der Waals surface area contributed by atoms with Crippen LogP contribution < -0.4 is 25.5 Å². The third-order valence-electron chi connectivity index (χ3n) is 5.13. The Morgan fingerprint density at radius 1 is 1.00 bits per heavy atom. The molecule has 0 saturated carbocycles. The van der Waals surface area contributed by atoms with E-state index in [-0.39, 0.29) is 12.5 Å². The topological polar surface area (TPSA) is 118 Å². The number of hydrogen-bond acceptors (Lipinski definition) is 6. The Balaban J connectivity index is 1.59. The zero-order valence-corrected chi connectivity index (χ0v) is 22.8. The Bertz CT molecular complexity index is 1330. The molecule has 0 aliphatic rings. The molecule has 0 saturated heterocycles. The van der Waals surface area contributed by atoms with Gasteiger partial charge in [0.15, 0.2) is 18.1 Å². The van der Waals surface area contributed by atoms with Crippen molar-refractivity contribution in [3.63, 3.8) is 0 Å². The molecule has 0 aromatic heterocycles. The van der Waals surface area contributed by atoms with E-state index in [9.17, 15) is 14.4 Å². The summed E-state index contributed by atoms with van der Waals surface area (Å²) in [6.45, 7) is 3.69. The molecule has 9 nitrogen and oxygen atoms in total. The van der Waals surface area contributed by atoms with Crippen LogP contribution in [0.15, 0.2) is 65.8 Å². The lowest BCUT2D eigenvalue weighted by Gasteiger charge is -2.13. The lowest BCUT2D eigenvalue weighted by molar-refractivity contribution is -0.136. The molecule has 3 N–H and O–H groups in total. The Morgan fingerprint density at radius 3 is 2.51 bits per heavy atom. The minimum Gasteiger partial charge on any atom is -0.493 e. The maximum Gasteiger partial charge on any atom is 0.329 e. The number of methoxy groups -OCH3 is 1. The molecule has 10 heteroatoms. The number of halogens is 1. The summed E-state index contributed by atoms with van der Waals surface area (Å²) in [4.78, 5) is 36.7. The number of nitrogens with zero attached hydrogens (tertiary/aromatic N) is 1. The highest BCUT2D eigenvalue weighted by molar-refractivity contribution is 14.1. The van der Waals surface area contributed by atoms with E-state index in [1.165, 1.54) is 13.3 Å². The molecule has 0 unspecified atom stereocenters. The van der Waals surface area contributed by atoms with Crippen molar-refractivity contribution < 1.29 is 23.9 Å². The molecule has 0 aliphatic carbocycles. The number of rotatable bonds is 9. The summed E-state index contributed by atoms with van der Waals surface area (Å²) in [6, 6.07) is 18.1. The lowest BCUT2D eigenvalue weighted by Crippen LogP contribution is -2.32. The van der Waals surface area contributed by atoms with E-state index >= 15 is 0 Å². The summed E-state index contributed by atoms with van der Waals surface area (Å²) < 4.78 is 11.8. The average Bonchev–Trinajstić information content (AvgIpc) is 2.88. The molecule has 0 bridgehead atoms. The minimum atomic E-state index is -0.900. The van der Waals surface area contributed by atoms with E-state index in [1.54, 1.807) is 30.3 Å². The van der Waals surface area contributed by atoms with Gasteiger partial charge in [-0.05, 0) is 83.0 Å². The van der Waals surface area contributed by atoms with Crippen LogP contribution in [0.4, 0.5) is 11.4 Å². The number of nitrogens with one attached hydrogen (secondary N) is 3. The third kappa shape index (κ3) is 8.04. The van der Waals surface area contributed by atoms with E-state index in [2.05, 4.69) is 43.8 Å². The highest BCUT2D eigenvalue weighted by Gasteiger charge is 2.15. The molecular weight excluding hydrogens is 587 g/mol. The molecule has 0 aliphatic heterocycles. The van der Waals surface area contributed by atoms with Gasteiger partial charge in [-0.25, -0.2) is 5.43 Å². The second kappa shape index (κ2) is 13.4. The Kier molecular flexibility index (Phi) is 10.0. The van der Waals surface area contributed by atoms with Gasteiger partial charge < -0.3 is 20.1 Å². The van der Waals surface area contributed by atoms with Crippen molar-refractivity contribution in [1.29, 1.82) is 0 Å². The fraction of sp³-hybridized carbons (Fsp3) is 0.185. The van der Waals surface area contributed by atoms with Gasteiger partial charge in [-0.2, -0.15) is 5.10 Å². The number of anilines is 2. The molecular formula is C27H27IN4O5. The quantitative estimate of drug-likeness (QED) is 0.144.